The van der Waals surface area contributed by atoms with Crippen LogP contribution in [0.3, 0.4) is 0 Å². The molecule has 8 heteroatoms. The molecule has 0 aliphatic carbocycles. The number of carbonyl (C=O) groups excluding carboxylic acids is 1. The van der Waals surface area contributed by atoms with Crippen molar-refractivity contribution in [3.8, 4) is 0 Å². The molecule has 0 saturated carbocycles. The first kappa shape index (κ1) is 18.7. The van der Waals surface area contributed by atoms with Crippen molar-refractivity contribution in [2.24, 2.45) is 0 Å². The van der Waals surface area contributed by atoms with Crippen LogP contribution in [0.25, 0.3) is 0 Å². The summed E-state index contributed by atoms with van der Waals surface area (Å²) in [5, 5.41) is 5.73. The smallest absolute Gasteiger partial charge is 0.378 e. The van der Waals surface area contributed by atoms with E-state index in [1.54, 1.807) is 24.3 Å². The first-order valence-electron chi connectivity index (χ1n) is 6.72. The third-order valence-corrected chi connectivity index (χ3v) is 3.16. The number of rotatable bonds is 4. The largest absolute Gasteiger partial charge is 0.389 e. The summed E-state index contributed by atoms with van der Waals surface area (Å²) in [6, 6.07) is 5.99. The van der Waals surface area contributed by atoms with Gasteiger partial charge in [-0.15, -0.1) is 12.4 Å². The summed E-state index contributed by atoms with van der Waals surface area (Å²) in [4.78, 5) is 11.9. The Hall–Kier alpha value is -1.31. The Labute approximate surface area is 132 Å². The van der Waals surface area contributed by atoms with E-state index < -0.39 is 18.6 Å². The highest BCUT2D eigenvalue weighted by Gasteiger charge is 2.26. The summed E-state index contributed by atoms with van der Waals surface area (Å²) >= 11 is 0. The van der Waals surface area contributed by atoms with E-state index in [0.717, 1.165) is 0 Å². The second-order valence-corrected chi connectivity index (χ2v) is 4.88. The van der Waals surface area contributed by atoms with Crippen molar-refractivity contribution in [1.29, 1.82) is 0 Å². The molecule has 2 rings (SSSR count). The van der Waals surface area contributed by atoms with Crippen LogP contribution >= 0.6 is 12.4 Å². The highest BCUT2D eigenvalue weighted by atomic mass is 35.5. The van der Waals surface area contributed by atoms with Gasteiger partial charge < -0.3 is 15.4 Å². The molecule has 1 heterocycles. The zero-order chi connectivity index (χ0) is 15.3. The van der Waals surface area contributed by atoms with Gasteiger partial charge in [-0.25, -0.2) is 0 Å². The van der Waals surface area contributed by atoms with E-state index >= 15 is 0 Å². The number of nitrogens with one attached hydrogen (secondary N) is 2. The fourth-order valence-electron chi connectivity index (χ4n) is 2.00. The minimum Gasteiger partial charge on any atom is -0.378 e. The number of hydrogen-bond donors (Lipinski definition) is 2. The Balaban J connectivity index is 0.00000242. The summed E-state index contributed by atoms with van der Waals surface area (Å²) in [5.41, 5.74) is 1.15. The Morgan fingerprint density at radius 2 is 2.00 bits per heavy atom. The first-order valence-corrected chi connectivity index (χ1v) is 6.72. The zero-order valence-electron chi connectivity index (χ0n) is 11.8. The SMILES string of the molecule is Cl.O=C(Nc1ccc(CCC(F)(F)F)cc1)C1COCCN1. The first-order chi connectivity index (χ1) is 9.94. The summed E-state index contributed by atoms with van der Waals surface area (Å²) in [6.07, 6.45) is -5.06. The highest BCUT2D eigenvalue weighted by Crippen LogP contribution is 2.22. The third-order valence-electron chi connectivity index (χ3n) is 3.16. The second-order valence-electron chi connectivity index (χ2n) is 4.88. The van der Waals surface area contributed by atoms with E-state index in [2.05, 4.69) is 10.6 Å². The van der Waals surface area contributed by atoms with Gasteiger partial charge in [0.25, 0.3) is 0 Å². The molecule has 22 heavy (non-hydrogen) atoms. The molecule has 0 radical (unpaired) electrons. The fourth-order valence-corrected chi connectivity index (χ4v) is 2.00. The normalized spacial score (nSPS) is 18.4. The van der Waals surface area contributed by atoms with Crippen molar-refractivity contribution in [2.75, 3.05) is 25.1 Å². The number of carbonyl (C=O) groups is 1. The van der Waals surface area contributed by atoms with Gasteiger partial charge in [0.2, 0.25) is 5.91 Å². The molecule has 1 aliphatic heterocycles. The monoisotopic (exact) mass is 338 g/mol. The molecule has 0 spiro atoms. The number of halogens is 4. The number of hydrogen-bond acceptors (Lipinski definition) is 3. The lowest BCUT2D eigenvalue weighted by molar-refractivity contribution is -0.134. The van der Waals surface area contributed by atoms with Crippen molar-refractivity contribution in [2.45, 2.75) is 25.1 Å². The fraction of sp³-hybridized carbons (Fsp3) is 0.500. The molecule has 1 saturated heterocycles. The highest BCUT2D eigenvalue weighted by molar-refractivity contribution is 5.95. The standard InChI is InChI=1S/C14H17F3N2O2.ClH/c15-14(16,17)6-5-10-1-3-11(4-2-10)19-13(20)12-9-21-8-7-18-12;/h1-4,12,18H,5-9H2,(H,19,20);1H. The van der Waals surface area contributed by atoms with Gasteiger partial charge in [0, 0.05) is 18.7 Å². The molecule has 1 aromatic carbocycles. The van der Waals surface area contributed by atoms with E-state index in [1.807, 2.05) is 0 Å². The lowest BCUT2D eigenvalue weighted by atomic mass is 10.1. The van der Waals surface area contributed by atoms with Gasteiger partial charge in [0.15, 0.2) is 0 Å². The Morgan fingerprint density at radius 3 is 2.55 bits per heavy atom. The molecule has 1 aromatic rings. The van der Waals surface area contributed by atoms with Gasteiger partial charge in [-0.2, -0.15) is 13.2 Å². The molecule has 1 fully saturated rings. The van der Waals surface area contributed by atoms with Gasteiger partial charge in [-0.3, -0.25) is 4.79 Å². The van der Waals surface area contributed by atoms with Crippen LogP contribution in [0.2, 0.25) is 0 Å². The van der Waals surface area contributed by atoms with Crippen LogP contribution in [0.15, 0.2) is 24.3 Å². The average molecular weight is 339 g/mol. The Kier molecular flexibility index (Phi) is 7.12. The maximum Gasteiger partial charge on any atom is 0.389 e. The topological polar surface area (TPSA) is 50.4 Å². The van der Waals surface area contributed by atoms with E-state index in [9.17, 15) is 18.0 Å². The van der Waals surface area contributed by atoms with Gasteiger partial charge in [0.1, 0.15) is 6.04 Å². The number of benzene rings is 1. The number of alkyl halides is 3. The minimum atomic E-state index is -4.15. The summed E-state index contributed by atoms with van der Waals surface area (Å²) in [5.74, 6) is -0.210. The van der Waals surface area contributed by atoms with E-state index in [-0.39, 0.29) is 24.7 Å². The van der Waals surface area contributed by atoms with Crippen molar-refractivity contribution in [1.82, 2.24) is 5.32 Å². The quantitative estimate of drug-likeness (QED) is 0.887. The molecule has 124 valence electrons. The van der Waals surface area contributed by atoms with E-state index in [0.29, 0.717) is 31.0 Å². The van der Waals surface area contributed by atoms with Crippen LogP contribution in [-0.4, -0.2) is 37.9 Å². The number of aryl methyl sites for hydroxylation is 1. The number of anilines is 1. The molecule has 1 aliphatic rings. The van der Waals surface area contributed by atoms with Crippen molar-refractivity contribution in [3.05, 3.63) is 29.8 Å². The van der Waals surface area contributed by atoms with Gasteiger partial charge in [-0.1, -0.05) is 12.1 Å². The third kappa shape index (κ3) is 6.21. The average Bonchev–Trinajstić information content (AvgIpc) is 2.46. The van der Waals surface area contributed by atoms with Gasteiger partial charge in [-0.05, 0) is 24.1 Å². The van der Waals surface area contributed by atoms with E-state index in [4.69, 9.17) is 4.74 Å². The predicted molar refractivity (Wildman–Crippen MR) is 79.3 cm³/mol. The molecule has 2 N–H and O–H groups in total. The van der Waals surface area contributed by atoms with Crippen LogP contribution < -0.4 is 10.6 Å². The molecule has 0 aromatic heterocycles. The number of morpholine rings is 1. The molecule has 1 amide bonds. The lowest BCUT2D eigenvalue weighted by Crippen LogP contribution is -2.48. The number of ether oxygens (including phenoxy) is 1. The van der Waals surface area contributed by atoms with Crippen LogP contribution in [0.4, 0.5) is 18.9 Å². The molecule has 1 unspecified atom stereocenters. The summed E-state index contributed by atoms with van der Waals surface area (Å²) in [7, 11) is 0. The zero-order valence-corrected chi connectivity index (χ0v) is 12.6. The Morgan fingerprint density at radius 1 is 1.32 bits per heavy atom. The maximum atomic E-state index is 12.1. The van der Waals surface area contributed by atoms with Gasteiger partial charge in [0.05, 0.1) is 13.2 Å². The summed E-state index contributed by atoms with van der Waals surface area (Å²) in [6.45, 7) is 1.52. The van der Waals surface area contributed by atoms with Crippen LogP contribution in [0.5, 0.6) is 0 Å². The van der Waals surface area contributed by atoms with Crippen LogP contribution in [0.1, 0.15) is 12.0 Å². The van der Waals surface area contributed by atoms with Crippen LogP contribution in [0, 0.1) is 0 Å². The lowest BCUT2D eigenvalue weighted by Gasteiger charge is -2.22. The molecule has 1 atom stereocenters. The van der Waals surface area contributed by atoms with Crippen molar-refractivity contribution >= 4 is 24.0 Å². The number of amides is 1. The van der Waals surface area contributed by atoms with Gasteiger partial charge >= 0.3 is 6.18 Å². The molecule has 0 bridgehead atoms. The molecular formula is C14H18ClF3N2O2. The minimum absolute atomic E-state index is 0. The molecular weight excluding hydrogens is 321 g/mol. The van der Waals surface area contributed by atoms with Crippen LogP contribution in [-0.2, 0) is 16.0 Å². The Bertz CT molecular complexity index is 474. The second kappa shape index (κ2) is 8.36. The van der Waals surface area contributed by atoms with Crippen molar-refractivity contribution < 1.29 is 22.7 Å². The summed E-state index contributed by atoms with van der Waals surface area (Å²) < 4.78 is 41.6. The maximum absolute atomic E-state index is 12.1. The van der Waals surface area contributed by atoms with Crippen molar-refractivity contribution in [3.63, 3.8) is 0 Å². The van der Waals surface area contributed by atoms with E-state index in [1.165, 1.54) is 0 Å². The molecule has 4 nitrogen and oxygen atoms in total. The predicted octanol–water partition coefficient (Wildman–Crippen LogP) is 2.53.